The maximum absolute atomic E-state index is 12.8. The van der Waals surface area contributed by atoms with E-state index in [9.17, 15) is 22.8 Å². The predicted molar refractivity (Wildman–Crippen MR) is 139 cm³/mol. The first kappa shape index (κ1) is 26.5. The number of benzene rings is 2. The number of fused-ring (bicyclic) bond motifs is 1. The molecule has 1 amide bonds. The first-order valence-corrected chi connectivity index (χ1v) is 13.7. The number of hydrogen-bond acceptors (Lipinski definition) is 7. The Morgan fingerprint density at radius 2 is 1.62 bits per heavy atom. The van der Waals surface area contributed by atoms with Crippen LogP contribution in [0.1, 0.15) is 32.6 Å². The number of imidazole rings is 1. The molecule has 2 heterocycles. The van der Waals surface area contributed by atoms with Crippen LogP contribution in [0.4, 0.5) is 11.4 Å². The number of carbonyl (C=O) groups excluding carboxylic acids is 2. The zero-order valence-corrected chi connectivity index (χ0v) is 21.4. The number of amides is 1. The van der Waals surface area contributed by atoms with Gasteiger partial charge in [0.2, 0.25) is 6.04 Å². The molecule has 7 N–H and O–H groups in total. The smallest absolute Gasteiger partial charge is 0.323 e. The molecule has 1 aliphatic rings. The van der Waals surface area contributed by atoms with Crippen molar-refractivity contribution >= 4 is 44.1 Å². The number of hydrogen-bond donors (Lipinski definition) is 6. The highest BCUT2D eigenvalue weighted by Gasteiger charge is 2.27. The molecule has 12 nitrogen and oxygen atoms in total. The Morgan fingerprint density at radius 3 is 2.30 bits per heavy atom. The highest BCUT2D eigenvalue weighted by atomic mass is 32.2. The Hall–Kier alpha value is -3.52. The van der Waals surface area contributed by atoms with Gasteiger partial charge in [0.1, 0.15) is 6.67 Å². The van der Waals surface area contributed by atoms with Gasteiger partial charge in [-0.2, -0.15) is 0 Å². The minimum Gasteiger partial charge on any atom is -0.339 e. The number of rotatable bonds is 10. The maximum atomic E-state index is 12.8. The number of quaternary nitrogens is 1. The molecule has 0 saturated carbocycles. The molecule has 1 aliphatic heterocycles. The fourth-order valence-corrected chi connectivity index (χ4v) is 5.34. The molecule has 1 aromatic heterocycles. The van der Waals surface area contributed by atoms with E-state index < -0.39 is 22.0 Å². The normalized spacial score (nSPS) is 15.7. The minimum atomic E-state index is -3.73. The zero-order chi connectivity index (χ0) is 26.4. The molecule has 2 aromatic carbocycles. The number of aromatic nitrogens is 2. The SMILES string of the molecule is CC(=O)C([NH2+]CNc1ccc2[nH]c(=O)[nH]c2c1)C(=O)Nc1ccc(S(=O)(=O)NN2CCCCCC2)cc1. The van der Waals surface area contributed by atoms with E-state index in [1.807, 2.05) is 0 Å². The summed E-state index contributed by atoms with van der Waals surface area (Å²) in [6.07, 6.45) is 4.07. The number of H-pyrrole nitrogens is 2. The van der Waals surface area contributed by atoms with Crippen LogP contribution in [0.2, 0.25) is 0 Å². The first-order chi connectivity index (χ1) is 17.7. The van der Waals surface area contributed by atoms with E-state index in [4.69, 9.17) is 0 Å². The van der Waals surface area contributed by atoms with E-state index in [0.717, 1.165) is 25.7 Å². The number of hydrazine groups is 1. The van der Waals surface area contributed by atoms with E-state index >= 15 is 0 Å². The number of nitrogens with zero attached hydrogens (tertiary/aromatic N) is 1. The lowest BCUT2D eigenvalue weighted by atomic mass is 10.2. The molecule has 0 aliphatic carbocycles. The average molecular weight is 531 g/mol. The zero-order valence-electron chi connectivity index (χ0n) is 20.5. The van der Waals surface area contributed by atoms with Crippen molar-refractivity contribution in [2.75, 3.05) is 30.4 Å². The van der Waals surface area contributed by atoms with Crippen molar-refractivity contribution in [1.82, 2.24) is 19.8 Å². The lowest BCUT2D eigenvalue weighted by Crippen LogP contribution is -2.95. The molecule has 1 unspecified atom stereocenters. The molecule has 3 aromatic rings. The molecule has 37 heavy (non-hydrogen) atoms. The van der Waals surface area contributed by atoms with E-state index in [2.05, 4.69) is 25.4 Å². The Kier molecular flexibility index (Phi) is 8.38. The molecule has 1 atom stereocenters. The van der Waals surface area contributed by atoms with E-state index in [0.29, 0.717) is 35.5 Å². The van der Waals surface area contributed by atoms with Crippen LogP contribution < -0.4 is 26.5 Å². The van der Waals surface area contributed by atoms with E-state index in [-0.39, 0.29) is 23.0 Å². The van der Waals surface area contributed by atoms with Crippen LogP contribution in [0.5, 0.6) is 0 Å². The number of sulfonamides is 1. The van der Waals surface area contributed by atoms with Crippen LogP contribution in [0.25, 0.3) is 11.0 Å². The predicted octanol–water partition coefficient (Wildman–Crippen LogP) is 0.455. The van der Waals surface area contributed by atoms with E-state index in [1.165, 1.54) is 31.2 Å². The number of nitrogens with one attached hydrogen (secondary N) is 5. The third-order valence-electron chi connectivity index (χ3n) is 6.18. The molecule has 1 fully saturated rings. The summed E-state index contributed by atoms with van der Waals surface area (Å²) >= 11 is 0. The summed E-state index contributed by atoms with van der Waals surface area (Å²) in [5.74, 6) is -0.844. The van der Waals surface area contributed by atoms with Gasteiger partial charge in [0.05, 0.1) is 15.9 Å². The van der Waals surface area contributed by atoms with Crippen LogP contribution in [0.3, 0.4) is 0 Å². The van der Waals surface area contributed by atoms with Crippen molar-refractivity contribution < 1.29 is 23.3 Å². The molecule has 4 rings (SSSR count). The highest BCUT2D eigenvalue weighted by Crippen LogP contribution is 2.16. The minimum absolute atomic E-state index is 0.0920. The summed E-state index contributed by atoms with van der Waals surface area (Å²) in [5.41, 5.74) is 2.12. The third-order valence-corrected chi connectivity index (χ3v) is 7.57. The summed E-state index contributed by atoms with van der Waals surface area (Å²) in [4.78, 5) is 44.4. The first-order valence-electron chi connectivity index (χ1n) is 12.2. The molecule has 0 spiro atoms. The van der Waals surface area contributed by atoms with Crippen molar-refractivity contribution in [2.45, 2.75) is 43.5 Å². The van der Waals surface area contributed by atoms with Gasteiger partial charge < -0.3 is 25.9 Å². The second-order valence-corrected chi connectivity index (χ2v) is 10.7. The summed E-state index contributed by atoms with van der Waals surface area (Å²) in [6.45, 7) is 2.91. The quantitative estimate of drug-likeness (QED) is 0.163. The van der Waals surface area contributed by atoms with Crippen LogP contribution in [0.15, 0.2) is 52.2 Å². The molecule has 1 saturated heterocycles. The highest BCUT2D eigenvalue weighted by molar-refractivity contribution is 7.89. The van der Waals surface area contributed by atoms with Crippen molar-refractivity contribution in [3.05, 3.63) is 52.9 Å². The number of Topliss-reactive ketones (excluding diaryl/α,β-unsaturated/α-hetero) is 1. The Morgan fingerprint density at radius 1 is 0.973 bits per heavy atom. The van der Waals surface area contributed by atoms with Crippen molar-refractivity contribution in [3.8, 4) is 0 Å². The monoisotopic (exact) mass is 530 g/mol. The summed E-state index contributed by atoms with van der Waals surface area (Å²) < 4.78 is 25.5. The van der Waals surface area contributed by atoms with Gasteiger partial charge in [-0.15, -0.1) is 4.83 Å². The second kappa shape index (κ2) is 11.7. The standard InChI is InChI=1S/C24H31N7O5S/c1-16(32)22(26-15-25-18-8-11-20-21(14-18)29-24(34)28-20)23(33)27-17-6-9-19(10-7-17)37(35,36)30-31-12-4-2-3-5-13-31/h6-11,14,22,25-26,30H,2-5,12-13,15H2,1H3,(H,27,33)(H2,28,29,34)/p+1. The molecular weight excluding hydrogens is 498 g/mol. The Bertz CT molecular complexity index is 1410. The maximum Gasteiger partial charge on any atom is 0.323 e. The van der Waals surface area contributed by atoms with Gasteiger partial charge in [-0.1, -0.05) is 12.8 Å². The molecule has 0 bridgehead atoms. The third kappa shape index (κ3) is 7.04. The molecule has 198 valence electrons. The lowest BCUT2D eigenvalue weighted by Gasteiger charge is -2.20. The fraction of sp³-hybridized carbons (Fsp3) is 0.375. The van der Waals surface area contributed by atoms with Gasteiger partial charge in [-0.25, -0.2) is 18.2 Å². The fourth-order valence-electron chi connectivity index (χ4n) is 4.22. The van der Waals surface area contributed by atoms with Gasteiger partial charge in [0.15, 0.2) is 5.78 Å². The summed E-state index contributed by atoms with van der Waals surface area (Å²) in [5, 5.41) is 9.08. The molecular formula is C24H32N7O5S+. The summed E-state index contributed by atoms with van der Waals surface area (Å²) in [7, 11) is -3.73. The van der Waals surface area contributed by atoms with Gasteiger partial charge in [-0.05, 0) is 55.3 Å². The number of nitrogens with two attached hydrogens (primary N) is 1. The topological polar surface area (TPSA) is 173 Å². The van der Waals surface area contributed by atoms with Crippen molar-refractivity contribution in [2.24, 2.45) is 0 Å². The van der Waals surface area contributed by atoms with Gasteiger partial charge in [0, 0.05) is 31.4 Å². The average Bonchev–Trinajstić information content (AvgIpc) is 3.03. The number of ketones is 1. The van der Waals surface area contributed by atoms with E-state index in [1.54, 1.807) is 28.5 Å². The lowest BCUT2D eigenvalue weighted by molar-refractivity contribution is -0.659. The number of carbonyl (C=O) groups is 2. The second-order valence-electron chi connectivity index (χ2n) is 9.05. The van der Waals surface area contributed by atoms with Gasteiger partial charge in [0.25, 0.3) is 15.9 Å². The van der Waals surface area contributed by atoms with Crippen LogP contribution in [-0.4, -0.2) is 60.9 Å². The Balaban J connectivity index is 1.32. The largest absolute Gasteiger partial charge is 0.339 e. The van der Waals surface area contributed by atoms with Crippen molar-refractivity contribution in [3.63, 3.8) is 0 Å². The Labute approximate surface area is 214 Å². The summed E-state index contributed by atoms with van der Waals surface area (Å²) in [6, 6.07) is 10.1. The van der Waals surface area contributed by atoms with Gasteiger partial charge in [-0.3, -0.25) is 9.59 Å². The molecule has 13 heteroatoms. The van der Waals surface area contributed by atoms with Crippen LogP contribution >= 0.6 is 0 Å². The number of anilines is 2. The van der Waals surface area contributed by atoms with Gasteiger partial charge >= 0.3 is 5.69 Å². The van der Waals surface area contributed by atoms with Crippen LogP contribution in [-0.2, 0) is 19.6 Å². The molecule has 0 radical (unpaired) electrons. The van der Waals surface area contributed by atoms with Crippen LogP contribution in [0, 0.1) is 0 Å². The number of aromatic amines is 2. The van der Waals surface area contributed by atoms with Crippen molar-refractivity contribution in [1.29, 1.82) is 0 Å².